The summed E-state index contributed by atoms with van der Waals surface area (Å²) in [4.78, 5) is 11.6. The van der Waals surface area contributed by atoms with Crippen LogP contribution in [-0.4, -0.2) is 33.3 Å². The molecule has 0 aliphatic heterocycles. The lowest BCUT2D eigenvalue weighted by Gasteiger charge is -2.16. The van der Waals surface area contributed by atoms with E-state index in [-0.39, 0.29) is 30.8 Å². The normalized spacial score (nSPS) is 11.1. The van der Waals surface area contributed by atoms with Gasteiger partial charge in [-0.05, 0) is 19.1 Å². The Hall–Kier alpha value is -1.66. The van der Waals surface area contributed by atoms with Gasteiger partial charge in [0.2, 0.25) is 11.7 Å². The number of hydrogen-bond acceptors (Lipinski definition) is 5. The maximum Gasteiger partial charge on any atom is 0.221 e. The number of methoxy groups -OCH3 is 3. The van der Waals surface area contributed by atoms with E-state index in [0.717, 1.165) is 5.56 Å². The minimum absolute atomic E-state index is 0. The number of carbonyl (C=O) groups excluding carboxylic acids is 1. The SMILES string of the molecule is COc1ccc(CNC(=O)CC(C)N)c(OC)c1OC.Cl. The molecule has 1 aromatic carbocycles. The first-order valence-electron chi connectivity index (χ1n) is 6.33. The van der Waals surface area contributed by atoms with Crippen LogP contribution in [0.2, 0.25) is 0 Å². The fraction of sp³-hybridized carbons (Fsp3) is 0.500. The van der Waals surface area contributed by atoms with Crippen LogP contribution in [-0.2, 0) is 11.3 Å². The van der Waals surface area contributed by atoms with Crippen molar-refractivity contribution >= 4 is 18.3 Å². The van der Waals surface area contributed by atoms with E-state index >= 15 is 0 Å². The lowest BCUT2D eigenvalue weighted by atomic mass is 10.1. The van der Waals surface area contributed by atoms with Crippen molar-refractivity contribution in [3.05, 3.63) is 17.7 Å². The number of amides is 1. The molecule has 0 saturated heterocycles. The Bertz CT molecular complexity index is 467. The van der Waals surface area contributed by atoms with E-state index in [0.29, 0.717) is 23.8 Å². The van der Waals surface area contributed by atoms with Gasteiger partial charge in [0.1, 0.15) is 0 Å². The van der Waals surface area contributed by atoms with Crippen molar-refractivity contribution in [1.29, 1.82) is 0 Å². The van der Waals surface area contributed by atoms with Crippen LogP contribution in [0, 0.1) is 0 Å². The van der Waals surface area contributed by atoms with Gasteiger partial charge in [0.05, 0.1) is 21.3 Å². The predicted molar refractivity (Wildman–Crippen MR) is 83.5 cm³/mol. The monoisotopic (exact) mass is 318 g/mol. The maximum atomic E-state index is 11.6. The number of halogens is 1. The average Bonchev–Trinajstić information content (AvgIpc) is 2.42. The molecule has 1 aromatic rings. The fourth-order valence-electron chi connectivity index (χ4n) is 1.86. The van der Waals surface area contributed by atoms with Crippen molar-refractivity contribution in [1.82, 2.24) is 5.32 Å². The summed E-state index contributed by atoms with van der Waals surface area (Å²) >= 11 is 0. The molecule has 1 rings (SSSR count). The van der Waals surface area contributed by atoms with Crippen molar-refractivity contribution < 1.29 is 19.0 Å². The highest BCUT2D eigenvalue weighted by molar-refractivity contribution is 5.85. The van der Waals surface area contributed by atoms with Gasteiger partial charge in [-0.15, -0.1) is 12.4 Å². The van der Waals surface area contributed by atoms with E-state index in [4.69, 9.17) is 19.9 Å². The van der Waals surface area contributed by atoms with Crippen molar-refractivity contribution in [3.8, 4) is 17.2 Å². The van der Waals surface area contributed by atoms with Crippen LogP contribution in [0.25, 0.3) is 0 Å². The zero-order chi connectivity index (χ0) is 15.1. The lowest BCUT2D eigenvalue weighted by Crippen LogP contribution is -2.29. The molecule has 0 aliphatic rings. The van der Waals surface area contributed by atoms with E-state index < -0.39 is 0 Å². The fourth-order valence-corrected chi connectivity index (χ4v) is 1.86. The Morgan fingerprint density at radius 2 is 1.81 bits per heavy atom. The number of benzene rings is 1. The number of nitrogens with one attached hydrogen (secondary N) is 1. The molecule has 0 radical (unpaired) electrons. The third kappa shape index (κ3) is 5.32. The highest BCUT2D eigenvalue weighted by atomic mass is 35.5. The molecule has 0 bridgehead atoms. The maximum absolute atomic E-state index is 11.6. The Balaban J connectivity index is 0.00000400. The summed E-state index contributed by atoms with van der Waals surface area (Å²) < 4.78 is 15.8. The molecule has 6 nitrogen and oxygen atoms in total. The zero-order valence-electron chi connectivity index (χ0n) is 12.8. The van der Waals surface area contributed by atoms with Crippen LogP contribution in [0.5, 0.6) is 17.2 Å². The number of rotatable bonds is 7. The molecule has 21 heavy (non-hydrogen) atoms. The van der Waals surface area contributed by atoms with Crippen LogP contribution >= 0.6 is 12.4 Å². The number of hydrogen-bond donors (Lipinski definition) is 2. The molecule has 0 saturated carbocycles. The molecular formula is C14H23ClN2O4. The second kappa shape index (κ2) is 9.31. The van der Waals surface area contributed by atoms with Crippen molar-refractivity contribution in [2.45, 2.75) is 25.9 Å². The van der Waals surface area contributed by atoms with E-state index in [1.165, 1.54) is 0 Å². The Morgan fingerprint density at radius 3 is 2.29 bits per heavy atom. The minimum Gasteiger partial charge on any atom is -0.493 e. The quantitative estimate of drug-likeness (QED) is 0.796. The Kier molecular flexibility index (Phi) is 8.57. The second-order valence-electron chi connectivity index (χ2n) is 4.45. The van der Waals surface area contributed by atoms with E-state index in [1.54, 1.807) is 34.3 Å². The van der Waals surface area contributed by atoms with Gasteiger partial charge >= 0.3 is 0 Å². The second-order valence-corrected chi connectivity index (χ2v) is 4.45. The van der Waals surface area contributed by atoms with Crippen molar-refractivity contribution in [2.24, 2.45) is 5.73 Å². The topological polar surface area (TPSA) is 82.8 Å². The number of ether oxygens (including phenoxy) is 3. The summed E-state index contributed by atoms with van der Waals surface area (Å²) in [6, 6.07) is 3.43. The Morgan fingerprint density at radius 1 is 1.19 bits per heavy atom. The van der Waals surface area contributed by atoms with Crippen LogP contribution in [0.4, 0.5) is 0 Å². The molecule has 3 N–H and O–H groups in total. The molecular weight excluding hydrogens is 296 g/mol. The third-order valence-electron chi connectivity index (χ3n) is 2.77. The minimum atomic E-state index is -0.165. The molecule has 1 amide bonds. The smallest absolute Gasteiger partial charge is 0.221 e. The largest absolute Gasteiger partial charge is 0.493 e. The molecule has 0 aliphatic carbocycles. The van der Waals surface area contributed by atoms with Gasteiger partial charge in [0, 0.05) is 24.6 Å². The van der Waals surface area contributed by atoms with Gasteiger partial charge < -0.3 is 25.3 Å². The van der Waals surface area contributed by atoms with E-state index in [1.807, 2.05) is 6.07 Å². The van der Waals surface area contributed by atoms with Crippen LogP contribution in [0.3, 0.4) is 0 Å². The summed E-state index contributed by atoms with van der Waals surface area (Å²) in [6.45, 7) is 2.13. The first-order valence-corrected chi connectivity index (χ1v) is 6.33. The summed E-state index contributed by atoms with van der Waals surface area (Å²) in [6.07, 6.45) is 0.287. The van der Waals surface area contributed by atoms with Gasteiger partial charge in [0.25, 0.3) is 0 Å². The molecule has 1 unspecified atom stereocenters. The molecule has 0 aromatic heterocycles. The zero-order valence-corrected chi connectivity index (χ0v) is 13.6. The molecule has 1 atom stereocenters. The number of nitrogens with two attached hydrogens (primary N) is 1. The van der Waals surface area contributed by atoms with E-state index in [2.05, 4.69) is 5.32 Å². The predicted octanol–water partition coefficient (Wildman–Crippen LogP) is 1.49. The molecule has 7 heteroatoms. The summed E-state index contributed by atoms with van der Waals surface area (Å²) in [5.41, 5.74) is 6.39. The van der Waals surface area contributed by atoms with Crippen molar-refractivity contribution in [3.63, 3.8) is 0 Å². The van der Waals surface area contributed by atoms with Crippen LogP contribution in [0.1, 0.15) is 18.9 Å². The van der Waals surface area contributed by atoms with Gasteiger partial charge in [-0.25, -0.2) is 0 Å². The van der Waals surface area contributed by atoms with Gasteiger partial charge in [0.15, 0.2) is 11.5 Å². The lowest BCUT2D eigenvalue weighted by molar-refractivity contribution is -0.121. The summed E-state index contributed by atoms with van der Waals surface area (Å²) in [5.74, 6) is 1.54. The van der Waals surface area contributed by atoms with Crippen LogP contribution < -0.4 is 25.3 Å². The van der Waals surface area contributed by atoms with Gasteiger partial charge in [-0.2, -0.15) is 0 Å². The molecule has 120 valence electrons. The van der Waals surface area contributed by atoms with E-state index in [9.17, 15) is 4.79 Å². The molecule has 0 heterocycles. The molecule has 0 fully saturated rings. The van der Waals surface area contributed by atoms with Gasteiger partial charge in [-0.1, -0.05) is 0 Å². The van der Waals surface area contributed by atoms with Crippen LogP contribution in [0.15, 0.2) is 12.1 Å². The van der Waals surface area contributed by atoms with Crippen molar-refractivity contribution in [2.75, 3.05) is 21.3 Å². The molecule has 0 spiro atoms. The summed E-state index contributed by atoms with van der Waals surface area (Å²) in [7, 11) is 4.64. The van der Waals surface area contributed by atoms with Gasteiger partial charge in [-0.3, -0.25) is 4.79 Å². The first kappa shape index (κ1) is 19.3. The first-order chi connectivity index (χ1) is 9.53. The Labute approximate surface area is 131 Å². The average molecular weight is 319 g/mol. The highest BCUT2D eigenvalue weighted by Crippen LogP contribution is 2.39. The number of carbonyl (C=O) groups is 1. The standard InChI is InChI=1S/C14H22N2O4.ClH/c1-9(15)7-12(17)16-8-10-5-6-11(18-2)14(20-4)13(10)19-3;/h5-6,9H,7-8,15H2,1-4H3,(H,16,17);1H. The third-order valence-corrected chi connectivity index (χ3v) is 2.77. The highest BCUT2D eigenvalue weighted by Gasteiger charge is 2.16. The summed E-state index contributed by atoms with van der Waals surface area (Å²) in [5, 5.41) is 2.80.